The Kier molecular flexibility index (Phi) is 8.64. The summed E-state index contributed by atoms with van der Waals surface area (Å²) in [6, 6.07) is 20.2. The maximum Gasteiger partial charge on any atom is 0.252 e. The van der Waals surface area contributed by atoms with E-state index >= 15 is 0 Å². The molecule has 1 aliphatic rings. The van der Waals surface area contributed by atoms with Gasteiger partial charge in [-0.3, -0.25) is 13.9 Å². The first-order valence-corrected chi connectivity index (χ1v) is 16.5. The Hall–Kier alpha value is -4.46. The quantitative estimate of drug-likeness (QED) is 0.221. The van der Waals surface area contributed by atoms with Crippen molar-refractivity contribution in [2.75, 3.05) is 30.3 Å². The molecule has 0 spiro atoms. The molecule has 4 aromatic rings. The van der Waals surface area contributed by atoms with Crippen LogP contribution in [0.2, 0.25) is 0 Å². The molecule has 1 N–H and O–H groups in total. The molecule has 2 heterocycles. The van der Waals surface area contributed by atoms with Crippen LogP contribution in [-0.2, 0) is 14.8 Å². The fraction of sp³-hybridized carbons (Fsp3) is 0.324. The minimum atomic E-state index is -3.71. The number of ketones is 1. The SMILES string of the molecule is CCC(=O)c1c(-c2ccc(C)cc2)oc2cc(N(CC)S(C)(=O)=O)c(-c3cccc(C(=O)NC4(C#N)CCOCC4)c3)cc12. The molecular weight excluding hydrogens is 578 g/mol. The van der Waals surface area contributed by atoms with E-state index in [0.717, 1.165) is 17.4 Å². The minimum Gasteiger partial charge on any atom is -0.455 e. The maximum atomic E-state index is 13.4. The minimum absolute atomic E-state index is 0.111. The highest BCUT2D eigenvalue weighted by atomic mass is 32.2. The number of furan rings is 1. The molecule has 1 amide bonds. The largest absolute Gasteiger partial charge is 0.455 e. The fourth-order valence-electron chi connectivity index (χ4n) is 5.62. The number of rotatable bonds is 9. The van der Waals surface area contributed by atoms with Gasteiger partial charge < -0.3 is 14.5 Å². The molecule has 3 aromatic carbocycles. The second-order valence-corrected chi connectivity index (χ2v) is 13.0. The van der Waals surface area contributed by atoms with Gasteiger partial charge in [-0.2, -0.15) is 5.26 Å². The van der Waals surface area contributed by atoms with Gasteiger partial charge in [0, 0.05) is 67.2 Å². The highest BCUT2D eigenvalue weighted by molar-refractivity contribution is 7.92. The molecule has 0 aliphatic carbocycles. The third-order valence-corrected chi connectivity index (χ3v) is 9.28. The van der Waals surface area contributed by atoms with Crippen molar-refractivity contribution in [2.45, 2.75) is 45.6 Å². The second-order valence-electron chi connectivity index (χ2n) is 11.1. The van der Waals surface area contributed by atoms with E-state index in [9.17, 15) is 23.3 Å². The molecule has 0 atom stereocenters. The van der Waals surface area contributed by atoms with E-state index in [1.165, 1.54) is 4.31 Å². The van der Waals surface area contributed by atoms with Crippen LogP contribution in [0.4, 0.5) is 5.69 Å². The zero-order chi connectivity index (χ0) is 31.6. The standard InChI is InChI=1S/C34H35N3O6S/c1-5-29(38)31-27-19-26(24-8-7-9-25(18-24)33(39)36-34(21-35)14-16-42-17-15-34)28(37(6-2)44(4,40)41)20-30(27)43-32(31)23-12-10-22(3)11-13-23/h7-13,18-20H,5-6,14-17H2,1-4H3,(H,36,39). The van der Waals surface area contributed by atoms with Crippen molar-refractivity contribution in [3.8, 4) is 28.5 Å². The van der Waals surface area contributed by atoms with E-state index in [2.05, 4.69) is 11.4 Å². The summed E-state index contributed by atoms with van der Waals surface area (Å²) in [7, 11) is -3.71. The first-order valence-electron chi connectivity index (χ1n) is 14.6. The first kappa shape index (κ1) is 31.0. The van der Waals surface area contributed by atoms with Crippen molar-refractivity contribution in [2.24, 2.45) is 0 Å². The molecule has 10 heteroatoms. The van der Waals surface area contributed by atoms with Crippen LogP contribution in [0, 0.1) is 18.3 Å². The highest BCUT2D eigenvalue weighted by Gasteiger charge is 2.35. The highest BCUT2D eigenvalue weighted by Crippen LogP contribution is 2.42. The van der Waals surface area contributed by atoms with Gasteiger partial charge in [0.1, 0.15) is 16.9 Å². The Bertz CT molecular complexity index is 1880. The molecule has 1 aromatic heterocycles. The summed E-state index contributed by atoms with van der Waals surface area (Å²) in [5, 5.41) is 13.3. The fourth-order valence-corrected chi connectivity index (χ4v) is 6.59. The summed E-state index contributed by atoms with van der Waals surface area (Å²) >= 11 is 0. The number of sulfonamides is 1. The van der Waals surface area contributed by atoms with E-state index in [0.29, 0.717) is 70.7 Å². The maximum absolute atomic E-state index is 13.4. The van der Waals surface area contributed by atoms with Gasteiger partial charge in [-0.15, -0.1) is 0 Å². The number of benzene rings is 3. The van der Waals surface area contributed by atoms with Crippen LogP contribution in [-0.4, -0.2) is 51.7 Å². The monoisotopic (exact) mass is 613 g/mol. The lowest BCUT2D eigenvalue weighted by Gasteiger charge is -2.31. The third kappa shape index (κ3) is 5.98. The number of amides is 1. The van der Waals surface area contributed by atoms with Crippen molar-refractivity contribution in [1.29, 1.82) is 5.26 Å². The van der Waals surface area contributed by atoms with Gasteiger partial charge in [-0.1, -0.05) is 48.9 Å². The zero-order valence-corrected chi connectivity index (χ0v) is 26.1. The molecule has 1 aliphatic heterocycles. The van der Waals surface area contributed by atoms with E-state index in [1.807, 2.05) is 31.2 Å². The lowest BCUT2D eigenvalue weighted by Crippen LogP contribution is -2.50. The zero-order valence-electron chi connectivity index (χ0n) is 25.3. The average molecular weight is 614 g/mol. The molecule has 5 rings (SSSR count). The number of Topliss-reactive ketones (excluding diaryl/α,β-unsaturated/α-hetero) is 1. The van der Waals surface area contributed by atoms with Gasteiger partial charge in [0.25, 0.3) is 5.91 Å². The Morgan fingerprint density at radius 2 is 1.73 bits per heavy atom. The van der Waals surface area contributed by atoms with Crippen LogP contribution >= 0.6 is 0 Å². The number of carbonyl (C=O) groups is 2. The normalized spacial score (nSPS) is 14.6. The van der Waals surface area contributed by atoms with Crippen LogP contribution in [0.3, 0.4) is 0 Å². The molecule has 0 unspecified atom stereocenters. The number of hydrogen-bond acceptors (Lipinski definition) is 7. The Morgan fingerprint density at radius 3 is 2.34 bits per heavy atom. The van der Waals surface area contributed by atoms with Gasteiger partial charge >= 0.3 is 0 Å². The number of nitriles is 1. The molecule has 0 bridgehead atoms. The van der Waals surface area contributed by atoms with Crippen LogP contribution in [0.25, 0.3) is 33.4 Å². The Morgan fingerprint density at radius 1 is 1.02 bits per heavy atom. The molecule has 44 heavy (non-hydrogen) atoms. The smallest absolute Gasteiger partial charge is 0.252 e. The Labute approximate surface area is 257 Å². The lowest BCUT2D eigenvalue weighted by molar-refractivity contribution is 0.0531. The molecule has 1 saturated heterocycles. The van der Waals surface area contributed by atoms with Crippen molar-refractivity contribution in [3.05, 3.63) is 77.4 Å². The summed E-state index contributed by atoms with van der Waals surface area (Å²) in [4.78, 5) is 26.8. The number of anilines is 1. The predicted molar refractivity (Wildman–Crippen MR) is 170 cm³/mol. The van der Waals surface area contributed by atoms with Crippen molar-refractivity contribution < 1.29 is 27.2 Å². The topological polar surface area (TPSA) is 130 Å². The number of carbonyl (C=O) groups excluding carboxylic acids is 2. The van der Waals surface area contributed by atoms with Crippen LogP contribution in [0.1, 0.15) is 59.4 Å². The number of hydrogen-bond donors (Lipinski definition) is 1. The van der Waals surface area contributed by atoms with Gasteiger partial charge in [0.15, 0.2) is 5.78 Å². The number of fused-ring (bicyclic) bond motifs is 1. The molecule has 0 radical (unpaired) electrons. The summed E-state index contributed by atoms with van der Waals surface area (Å²) in [6.07, 6.45) is 2.15. The number of ether oxygens (including phenoxy) is 1. The summed E-state index contributed by atoms with van der Waals surface area (Å²) < 4.78 is 38.9. The van der Waals surface area contributed by atoms with Crippen molar-refractivity contribution >= 4 is 38.4 Å². The van der Waals surface area contributed by atoms with E-state index in [-0.39, 0.29) is 18.7 Å². The molecule has 1 fully saturated rings. The van der Waals surface area contributed by atoms with E-state index in [1.54, 1.807) is 50.2 Å². The number of aryl methyl sites for hydroxylation is 1. The lowest BCUT2D eigenvalue weighted by atomic mass is 9.91. The molecule has 9 nitrogen and oxygen atoms in total. The third-order valence-electron chi connectivity index (χ3n) is 8.03. The van der Waals surface area contributed by atoms with Gasteiger partial charge in [-0.05, 0) is 37.6 Å². The van der Waals surface area contributed by atoms with Crippen LogP contribution in [0.15, 0.2) is 65.1 Å². The summed E-state index contributed by atoms with van der Waals surface area (Å²) in [5.41, 5.74) is 3.33. The van der Waals surface area contributed by atoms with Gasteiger partial charge in [0.05, 0.1) is 23.6 Å². The van der Waals surface area contributed by atoms with Crippen molar-refractivity contribution in [3.63, 3.8) is 0 Å². The van der Waals surface area contributed by atoms with E-state index < -0.39 is 21.5 Å². The molecule has 228 valence electrons. The van der Waals surface area contributed by atoms with Crippen LogP contribution in [0.5, 0.6) is 0 Å². The second kappa shape index (κ2) is 12.3. The number of nitrogens with zero attached hydrogens (tertiary/aromatic N) is 2. The predicted octanol–water partition coefficient (Wildman–Crippen LogP) is 6.26. The van der Waals surface area contributed by atoms with Crippen LogP contribution < -0.4 is 9.62 Å². The Balaban J connectivity index is 1.71. The average Bonchev–Trinajstić information content (AvgIpc) is 3.39. The first-order chi connectivity index (χ1) is 21.0. The van der Waals surface area contributed by atoms with E-state index in [4.69, 9.17) is 9.15 Å². The molecular formula is C34H35N3O6S. The molecule has 0 saturated carbocycles. The summed E-state index contributed by atoms with van der Waals surface area (Å²) in [5.74, 6) is -0.108. The van der Waals surface area contributed by atoms with Gasteiger partial charge in [0.2, 0.25) is 10.0 Å². The van der Waals surface area contributed by atoms with Crippen molar-refractivity contribution in [1.82, 2.24) is 5.32 Å². The van der Waals surface area contributed by atoms with Gasteiger partial charge in [-0.25, -0.2) is 8.42 Å². The number of nitrogens with one attached hydrogen (secondary N) is 1. The summed E-state index contributed by atoms with van der Waals surface area (Å²) in [6.45, 7) is 6.40.